The highest BCUT2D eigenvalue weighted by Crippen LogP contribution is 2.21. The summed E-state index contributed by atoms with van der Waals surface area (Å²) in [7, 11) is 5.86. The molecule has 2 amide bonds. The summed E-state index contributed by atoms with van der Waals surface area (Å²) in [4.78, 5) is 28.4. The van der Waals surface area contributed by atoms with E-state index in [4.69, 9.17) is 0 Å². The number of carbonyl (C=O) groups is 2. The van der Waals surface area contributed by atoms with Gasteiger partial charge in [-0.05, 0) is 33.2 Å². The monoisotopic (exact) mass is 357 g/mol. The van der Waals surface area contributed by atoms with Gasteiger partial charge in [-0.2, -0.15) is 5.10 Å². The lowest BCUT2D eigenvalue weighted by Gasteiger charge is -2.19. The summed E-state index contributed by atoms with van der Waals surface area (Å²) >= 11 is 0. The second kappa shape index (κ2) is 7.45. The maximum absolute atomic E-state index is 12.5. The minimum absolute atomic E-state index is 0.0610. The number of amides is 2. The molecule has 0 bridgehead atoms. The van der Waals surface area contributed by atoms with Gasteiger partial charge in [0.1, 0.15) is 0 Å². The average molecular weight is 357 g/mol. The highest BCUT2D eigenvalue weighted by Gasteiger charge is 2.34. The van der Waals surface area contributed by atoms with Crippen LogP contribution < -0.4 is 5.32 Å². The molecule has 140 valence electrons. The summed E-state index contributed by atoms with van der Waals surface area (Å²) in [6.07, 6.45) is 0.293. The van der Waals surface area contributed by atoms with Crippen molar-refractivity contribution in [2.24, 2.45) is 13.0 Å². The molecule has 2 aromatic rings. The number of hydrogen-bond acceptors (Lipinski definition) is 4. The Kier molecular flexibility index (Phi) is 5.27. The molecule has 1 aliphatic rings. The first-order valence-corrected chi connectivity index (χ1v) is 8.97. The van der Waals surface area contributed by atoms with Crippen LogP contribution in [0.3, 0.4) is 0 Å². The fourth-order valence-electron chi connectivity index (χ4n) is 3.38. The number of hydrogen-bond donors (Lipinski definition) is 1. The van der Waals surface area contributed by atoms with Crippen LogP contribution in [-0.2, 0) is 23.2 Å². The maximum atomic E-state index is 12.5. The molecule has 7 nitrogen and oxygen atoms in total. The third kappa shape index (κ3) is 3.88. The van der Waals surface area contributed by atoms with E-state index in [1.54, 1.807) is 4.90 Å². The third-order valence-corrected chi connectivity index (χ3v) is 4.91. The van der Waals surface area contributed by atoms with Crippen molar-refractivity contribution >= 4 is 22.7 Å². The van der Waals surface area contributed by atoms with Crippen molar-refractivity contribution in [2.75, 3.05) is 33.7 Å². The van der Waals surface area contributed by atoms with E-state index in [-0.39, 0.29) is 17.7 Å². The number of rotatable bonds is 6. The molecule has 1 aromatic carbocycles. The lowest BCUT2D eigenvalue weighted by molar-refractivity contribution is -0.129. The summed E-state index contributed by atoms with van der Waals surface area (Å²) in [5, 5.41) is 8.55. The SMILES string of the molecule is Cc1ccc2c(c1)c(CNC(=O)[C@@H]1CC(=O)N(CCN(C)C)C1)nn2C. The van der Waals surface area contributed by atoms with Crippen molar-refractivity contribution in [3.05, 3.63) is 29.5 Å². The Morgan fingerprint density at radius 2 is 2.15 bits per heavy atom. The van der Waals surface area contributed by atoms with E-state index in [1.807, 2.05) is 43.7 Å². The van der Waals surface area contributed by atoms with Crippen LogP contribution >= 0.6 is 0 Å². The number of fused-ring (bicyclic) bond motifs is 1. The standard InChI is InChI=1S/C19H27N5O2/c1-13-5-6-17-15(9-13)16(21-23(17)4)11-20-19(26)14-10-18(25)24(12-14)8-7-22(2)3/h5-6,9,14H,7-8,10-12H2,1-4H3,(H,20,26)/t14-/m1/s1. The lowest BCUT2D eigenvalue weighted by Crippen LogP contribution is -2.35. The number of nitrogens with zero attached hydrogens (tertiary/aromatic N) is 4. The van der Waals surface area contributed by atoms with Crippen molar-refractivity contribution in [3.63, 3.8) is 0 Å². The van der Waals surface area contributed by atoms with Crippen molar-refractivity contribution in [1.82, 2.24) is 24.9 Å². The minimum Gasteiger partial charge on any atom is -0.350 e. The second-order valence-corrected chi connectivity index (χ2v) is 7.35. The van der Waals surface area contributed by atoms with Crippen molar-refractivity contribution in [1.29, 1.82) is 0 Å². The van der Waals surface area contributed by atoms with Crippen LogP contribution in [-0.4, -0.2) is 65.1 Å². The predicted octanol–water partition coefficient (Wildman–Crippen LogP) is 0.908. The predicted molar refractivity (Wildman–Crippen MR) is 101 cm³/mol. The molecule has 2 heterocycles. The quantitative estimate of drug-likeness (QED) is 0.834. The van der Waals surface area contributed by atoms with Gasteiger partial charge >= 0.3 is 0 Å². The van der Waals surface area contributed by atoms with Crippen LogP contribution in [0, 0.1) is 12.8 Å². The van der Waals surface area contributed by atoms with Crippen LogP contribution in [0.4, 0.5) is 0 Å². The normalized spacial score (nSPS) is 17.5. The van der Waals surface area contributed by atoms with Crippen molar-refractivity contribution < 1.29 is 9.59 Å². The molecule has 26 heavy (non-hydrogen) atoms. The smallest absolute Gasteiger partial charge is 0.225 e. The van der Waals surface area contributed by atoms with Gasteiger partial charge in [0.15, 0.2) is 0 Å². The van der Waals surface area contributed by atoms with Gasteiger partial charge in [0.25, 0.3) is 0 Å². The van der Waals surface area contributed by atoms with Gasteiger partial charge in [-0.3, -0.25) is 14.3 Å². The minimum atomic E-state index is -0.277. The number of likely N-dealkylation sites (tertiary alicyclic amines) is 1. The molecule has 0 aliphatic carbocycles. The zero-order valence-corrected chi connectivity index (χ0v) is 16.0. The van der Waals surface area contributed by atoms with Crippen molar-refractivity contribution in [2.45, 2.75) is 19.9 Å². The van der Waals surface area contributed by atoms with E-state index in [0.29, 0.717) is 26.1 Å². The maximum Gasteiger partial charge on any atom is 0.225 e. The van der Waals surface area contributed by atoms with Gasteiger partial charge in [-0.25, -0.2) is 0 Å². The van der Waals surface area contributed by atoms with Gasteiger partial charge in [-0.15, -0.1) is 0 Å². The van der Waals surface area contributed by atoms with Crippen LogP contribution in [0.25, 0.3) is 10.9 Å². The lowest BCUT2D eigenvalue weighted by atomic mass is 10.1. The van der Waals surface area contributed by atoms with Gasteiger partial charge in [0.05, 0.1) is 23.7 Å². The number of nitrogens with one attached hydrogen (secondary N) is 1. The highest BCUT2D eigenvalue weighted by atomic mass is 16.2. The Morgan fingerprint density at radius 1 is 1.38 bits per heavy atom. The molecule has 7 heteroatoms. The molecule has 0 spiro atoms. The molecule has 1 aromatic heterocycles. The number of benzene rings is 1. The van der Waals surface area contributed by atoms with Gasteiger partial charge in [0, 0.05) is 38.5 Å². The van der Waals surface area contributed by atoms with E-state index < -0.39 is 0 Å². The molecule has 0 radical (unpaired) electrons. The summed E-state index contributed by atoms with van der Waals surface area (Å²) in [6, 6.07) is 6.19. The Balaban J connectivity index is 1.61. The molecule has 3 rings (SSSR count). The van der Waals surface area contributed by atoms with E-state index in [1.165, 1.54) is 0 Å². The third-order valence-electron chi connectivity index (χ3n) is 4.91. The first-order chi connectivity index (χ1) is 12.3. The molecule has 1 saturated heterocycles. The Bertz CT molecular complexity index is 827. The largest absolute Gasteiger partial charge is 0.350 e. The Morgan fingerprint density at radius 3 is 2.88 bits per heavy atom. The number of aryl methyl sites for hydroxylation is 2. The molecule has 0 saturated carbocycles. The molecular weight excluding hydrogens is 330 g/mol. The van der Waals surface area contributed by atoms with Gasteiger partial charge in [0.2, 0.25) is 11.8 Å². The molecule has 0 unspecified atom stereocenters. The first kappa shape index (κ1) is 18.4. The number of aromatic nitrogens is 2. The summed E-state index contributed by atoms with van der Waals surface area (Å²) in [5.74, 6) is -0.288. The average Bonchev–Trinajstić information content (AvgIpc) is 3.11. The number of likely N-dealkylation sites (N-methyl/N-ethyl adjacent to an activating group) is 1. The van der Waals surface area contributed by atoms with Crippen LogP contribution in [0.2, 0.25) is 0 Å². The zero-order valence-electron chi connectivity index (χ0n) is 16.0. The summed E-state index contributed by atoms with van der Waals surface area (Å²) in [5.41, 5.74) is 3.06. The van der Waals surface area contributed by atoms with Crippen LogP contribution in [0.5, 0.6) is 0 Å². The first-order valence-electron chi connectivity index (χ1n) is 8.97. The van der Waals surface area contributed by atoms with E-state index >= 15 is 0 Å². The summed E-state index contributed by atoms with van der Waals surface area (Å²) in [6.45, 7) is 4.39. The fourth-order valence-corrected chi connectivity index (χ4v) is 3.38. The molecule has 1 fully saturated rings. The summed E-state index contributed by atoms with van der Waals surface area (Å²) < 4.78 is 1.83. The van der Waals surface area contributed by atoms with E-state index in [2.05, 4.69) is 22.5 Å². The molecule has 1 atom stereocenters. The fraction of sp³-hybridized carbons (Fsp3) is 0.526. The van der Waals surface area contributed by atoms with Gasteiger partial charge in [-0.1, -0.05) is 11.6 Å². The van der Waals surface area contributed by atoms with Gasteiger partial charge < -0.3 is 15.1 Å². The molecular formula is C19H27N5O2. The van der Waals surface area contributed by atoms with Crippen molar-refractivity contribution in [3.8, 4) is 0 Å². The second-order valence-electron chi connectivity index (χ2n) is 7.35. The Labute approximate surface area is 153 Å². The molecule has 1 N–H and O–H groups in total. The number of carbonyl (C=O) groups excluding carboxylic acids is 2. The highest BCUT2D eigenvalue weighted by molar-refractivity contribution is 5.89. The zero-order chi connectivity index (χ0) is 18.8. The van der Waals surface area contributed by atoms with E-state index in [9.17, 15) is 9.59 Å². The topological polar surface area (TPSA) is 70.5 Å². The van der Waals surface area contributed by atoms with Crippen LogP contribution in [0.15, 0.2) is 18.2 Å². The van der Waals surface area contributed by atoms with E-state index in [0.717, 1.165) is 28.7 Å². The Hall–Kier alpha value is -2.41. The van der Waals surface area contributed by atoms with Crippen LogP contribution in [0.1, 0.15) is 17.7 Å². The molecule has 1 aliphatic heterocycles.